The van der Waals surface area contributed by atoms with Crippen LogP contribution in [0.25, 0.3) is 10.2 Å². The zero-order valence-electron chi connectivity index (χ0n) is 14.6. The highest BCUT2D eigenvalue weighted by atomic mass is 32.2. The summed E-state index contributed by atoms with van der Waals surface area (Å²) in [5, 5.41) is 0. The fourth-order valence-corrected chi connectivity index (χ4v) is 5.78. The molecule has 2 aromatic rings. The van der Waals surface area contributed by atoms with E-state index < -0.39 is 15.4 Å². The molecule has 1 saturated heterocycles. The maximum absolute atomic E-state index is 12.7. The van der Waals surface area contributed by atoms with Crippen molar-refractivity contribution in [3.63, 3.8) is 0 Å². The van der Waals surface area contributed by atoms with Crippen LogP contribution in [0.5, 0.6) is 0 Å². The van der Waals surface area contributed by atoms with Crippen molar-refractivity contribution in [2.24, 2.45) is 5.92 Å². The van der Waals surface area contributed by atoms with Crippen molar-refractivity contribution in [3.05, 3.63) is 24.3 Å². The Kier molecular flexibility index (Phi) is 4.76. The van der Waals surface area contributed by atoms with Gasteiger partial charge in [-0.15, -0.1) is 11.3 Å². The summed E-state index contributed by atoms with van der Waals surface area (Å²) in [7, 11) is -3.46. The molecule has 1 aromatic heterocycles. The lowest BCUT2D eigenvalue weighted by molar-refractivity contribution is 0.0289. The normalized spacial score (nSPS) is 18.7. The average Bonchev–Trinajstić information content (AvgIpc) is 3.11. The monoisotopic (exact) mass is 382 g/mol. The van der Waals surface area contributed by atoms with E-state index in [1.165, 1.54) is 11.3 Å². The van der Waals surface area contributed by atoms with Gasteiger partial charge in [0.05, 0.1) is 16.0 Å². The fourth-order valence-electron chi connectivity index (χ4n) is 2.83. The number of para-hydroxylation sites is 1. The summed E-state index contributed by atoms with van der Waals surface area (Å²) in [6.45, 7) is 6.37. The summed E-state index contributed by atoms with van der Waals surface area (Å²) >= 11 is 1.20. The molecule has 0 radical (unpaired) electrons. The van der Waals surface area contributed by atoms with Crippen molar-refractivity contribution in [1.82, 2.24) is 9.88 Å². The first-order chi connectivity index (χ1) is 11.6. The molecule has 0 saturated carbocycles. The van der Waals surface area contributed by atoms with E-state index in [4.69, 9.17) is 4.74 Å². The molecule has 1 aliphatic heterocycles. The van der Waals surface area contributed by atoms with Crippen LogP contribution in [0.3, 0.4) is 0 Å². The van der Waals surface area contributed by atoms with E-state index in [1.807, 2.05) is 45.0 Å². The lowest BCUT2D eigenvalue weighted by Crippen LogP contribution is -2.35. The molecule has 1 amide bonds. The molecule has 8 heteroatoms. The zero-order chi connectivity index (χ0) is 18.2. The summed E-state index contributed by atoms with van der Waals surface area (Å²) < 4.78 is 31.7. The Labute approximate surface area is 151 Å². The number of carbonyl (C=O) groups is 1. The second kappa shape index (κ2) is 6.57. The van der Waals surface area contributed by atoms with Gasteiger partial charge < -0.3 is 9.64 Å². The van der Waals surface area contributed by atoms with Crippen LogP contribution < -0.4 is 0 Å². The summed E-state index contributed by atoms with van der Waals surface area (Å²) in [6, 6.07) is 7.39. The largest absolute Gasteiger partial charge is 0.444 e. The number of benzene rings is 1. The van der Waals surface area contributed by atoms with Crippen LogP contribution in [0, 0.1) is 5.92 Å². The van der Waals surface area contributed by atoms with Gasteiger partial charge in [0.1, 0.15) is 5.60 Å². The Balaban J connectivity index is 1.67. The third-order valence-electron chi connectivity index (χ3n) is 3.93. The summed E-state index contributed by atoms with van der Waals surface area (Å²) in [6.07, 6.45) is 0.274. The van der Waals surface area contributed by atoms with Gasteiger partial charge in [-0.3, -0.25) is 0 Å². The Morgan fingerprint density at radius 2 is 2.08 bits per heavy atom. The first-order valence-corrected chi connectivity index (χ1v) is 10.7. The molecule has 3 rings (SSSR count). The average molecular weight is 383 g/mol. The van der Waals surface area contributed by atoms with Crippen molar-refractivity contribution >= 4 is 37.5 Å². The highest BCUT2D eigenvalue weighted by molar-refractivity contribution is 7.93. The Morgan fingerprint density at radius 1 is 1.36 bits per heavy atom. The Morgan fingerprint density at radius 3 is 2.76 bits per heavy atom. The van der Waals surface area contributed by atoms with E-state index in [9.17, 15) is 13.2 Å². The minimum Gasteiger partial charge on any atom is -0.444 e. The minimum absolute atomic E-state index is 0.00607. The van der Waals surface area contributed by atoms with Crippen LogP contribution in [0.4, 0.5) is 4.79 Å². The van der Waals surface area contributed by atoms with Crippen LogP contribution in [-0.4, -0.2) is 48.8 Å². The third kappa shape index (κ3) is 4.30. The number of likely N-dealkylation sites (tertiary alicyclic amines) is 1. The molecule has 2 heterocycles. The number of nitrogens with zero attached hydrogens (tertiary/aromatic N) is 2. The molecule has 1 aliphatic rings. The van der Waals surface area contributed by atoms with Crippen LogP contribution in [0.2, 0.25) is 0 Å². The lowest BCUT2D eigenvalue weighted by atomic mass is 10.2. The molecular formula is C17H22N2O4S2. The smallest absolute Gasteiger partial charge is 0.410 e. The van der Waals surface area contributed by atoms with Gasteiger partial charge in [-0.1, -0.05) is 12.1 Å². The van der Waals surface area contributed by atoms with Gasteiger partial charge >= 0.3 is 6.09 Å². The maximum Gasteiger partial charge on any atom is 0.410 e. The first-order valence-electron chi connectivity index (χ1n) is 8.20. The molecule has 1 aromatic carbocycles. The SMILES string of the molecule is CC(C)(C)OC(=O)N1CC[C@@H](CS(=O)(=O)c2nc3ccccc3s2)C1. The molecule has 6 nitrogen and oxygen atoms in total. The number of thiazole rings is 1. The minimum atomic E-state index is -3.46. The van der Waals surface area contributed by atoms with Crippen molar-refractivity contribution in [2.45, 2.75) is 37.1 Å². The van der Waals surface area contributed by atoms with Crippen LogP contribution in [-0.2, 0) is 14.6 Å². The lowest BCUT2D eigenvalue weighted by Gasteiger charge is -2.24. The number of hydrogen-bond acceptors (Lipinski definition) is 6. The molecule has 1 fully saturated rings. The van der Waals surface area contributed by atoms with Gasteiger partial charge in [-0.2, -0.15) is 0 Å². The number of fused-ring (bicyclic) bond motifs is 1. The molecular weight excluding hydrogens is 360 g/mol. The number of hydrogen-bond donors (Lipinski definition) is 0. The molecule has 1 atom stereocenters. The number of ether oxygens (including phenoxy) is 1. The number of rotatable bonds is 3. The molecule has 136 valence electrons. The molecule has 0 unspecified atom stereocenters. The first kappa shape index (κ1) is 18.1. The summed E-state index contributed by atoms with van der Waals surface area (Å²) in [5.74, 6) is -0.0870. The highest BCUT2D eigenvalue weighted by Crippen LogP contribution is 2.29. The van der Waals surface area contributed by atoms with E-state index in [1.54, 1.807) is 4.90 Å². The second-order valence-electron chi connectivity index (χ2n) is 7.31. The third-order valence-corrected chi connectivity index (χ3v) is 7.31. The van der Waals surface area contributed by atoms with Gasteiger partial charge in [-0.05, 0) is 45.2 Å². The quantitative estimate of drug-likeness (QED) is 0.814. The van der Waals surface area contributed by atoms with Crippen LogP contribution in [0.1, 0.15) is 27.2 Å². The maximum atomic E-state index is 12.7. The predicted molar refractivity (Wildman–Crippen MR) is 97.6 cm³/mol. The summed E-state index contributed by atoms with van der Waals surface area (Å²) in [4.78, 5) is 17.9. The highest BCUT2D eigenvalue weighted by Gasteiger charge is 2.33. The van der Waals surface area contributed by atoms with Gasteiger partial charge in [0.15, 0.2) is 0 Å². The van der Waals surface area contributed by atoms with Gasteiger partial charge in [0.25, 0.3) is 0 Å². The number of aromatic nitrogens is 1. The van der Waals surface area contributed by atoms with E-state index in [2.05, 4.69) is 4.98 Å². The molecule has 0 aliphatic carbocycles. The van der Waals surface area contributed by atoms with Crippen molar-refractivity contribution in [3.8, 4) is 0 Å². The molecule has 0 bridgehead atoms. The standard InChI is InChI=1S/C17H22N2O4S2/c1-17(2,3)23-16(20)19-9-8-12(10-19)11-25(21,22)15-18-13-6-4-5-7-14(13)24-15/h4-7,12H,8-11H2,1-3H3/t12-/m1/s1. The van der Waals surface area contributed by atoms with Gasteiger partial charge in [0.2, 0.25) is 14.2 Å². The predicted octanol–water partition coefficient (Wildman–Crippen LogP) is 3.33. The van der Waals surface area contributed by atoms with Crippen molar-refractivity contribution in [1.29, 1.82) is 0 Å². The van der Waals surface area contributed by atoms with E-state index in [-0.39, 0.29) is 22.1 Å². The Hall–Kier alpha value is -1.67. The number of carbonyl (C=O) groups excluding carboxylic acids is 1. The molecule has 0 spiro atoms. The summed E-state index contributed by atoms with van der Waals surface area (Å²) in [5.41, 5.74) is 0.148. The Bertz CT molecular complexity index is 850. The van der Waals surface area contributed by atoms with E-state index in [0.29, 0.717) is 25.0 Å². The van der Waals surface area contributed by atoms with Gasteiger partial charge in [-0.25, -0.2) is 18.2 Å². The van der Waals surface area contributed by atoms with Crippen LogP contribution in [0.15, 0.2) is 28.6 Å². The van der Waals surface area contributed by atoms with E-state index >= 15 is 0 Å². The fraction of sp³-hybridized carbons (Fsp3) is 0.529. The van der Waals surface area contributed by atoms with Crippen molar-refractivity contribution < 1.29 is 17.9 Å². The van der Waals surface area contributed by atoms with Crippen LogP contribution >= 0.6 is 11.3 Å². The molecule has 0 N–H and O–H groups in total. The van der Waals surface area contributed by atoms with Gasteiger partial charge in [0, 0.05) is 13.1 Å². The van der Waals surface area contributed by atoms with E-state index in [0.717, 1.165) is 4.70 Å². The van der Waals surface area contributed by atoms with Crippen molar-refractivity contribution in [2.75, 3.05) is 18.8 Å². The topological polar surface area (TPSA) is 76.6 Å². The zero-order valence-corrected chi connectivity index (χ0v) is 16.2. The number of amides is 1. The number of sulfone groups is 1. The second-order valence-corrected chi connectivity index (χ2v) is 10.5. The molecule has 25 heavy (non-hydrogen) atoms.